The summed E-state index contributed by atoms with van der Waals surface area (Å²) in [5.74, 6) is 0.781. The van der Waals surface area contributed by atoms with Crippen LogP contribution in [0, 0.1) is 5.82 Å². The molecule has 0 unspecified atom stereocenters. The first-order valence-corrected chi connectivity index (χ1v) is 8.14. The highest BCUT2D eigenvalue weighted by Gasteiger charge is 2.02. The van der Waals surface area contributed by atoms with Gasteiger partial charge in [-0.25, -0.2) is 4.39 Å². The van der Waals surface area contributed by atoms with Crippen molar-refractivity contribution in [3.8, 4) is 11.1 Å². The Labute approximate surface area is 133 Å². The van der Waals surface area contributed by atoms with Gasteiger partial charge in [-0.1, -0.05) is 36.4 Å². The molecule has 2 rings (SSSR count). The van der Waals surface area contributed by atoms with Crippen molar-refractivity contribution in [3.05, 3.63) is 59.9 Å². The Morgan fingerprint density at radius 1 is 1.14 bits per heavy atom. The third-order valence-electron chi connectivity index (χ3n) is 3.05. The van der Waals surface area contributed by atoms with Crippen LogP contribution in [0.15, 0.2) is 48.5 Å². The highest BCUT2D eigenvalue weighted by atomic mass is 32.2. The summed E-state index contributed by atoms with van der Waals surface area (Å²) in [6, 6.07) is 14.4. The van der Waals surface area contributed by atoms with Crippen molar-refractivity contribution in [2.45, 2.75) is 5.75 Å². The zero-order valence-corrected chi connectivity index (χ0v) is 12.9. The van der Waals surface area contributed by atoms with Crippen molar-refractivity contribution in [1.29, 1.82) is 0 Å². The van der Waals surface area contributed by atoms with E-state index in [4.69, 9.17) is 5.11 Å². The Hall–Kier alpha value is -1.85. The monoisotopic (exact) mass is 319 g/mol. The van der Waals surface area contributed by atoms with E-state index in [9.17, 15) is 9.18 Å². The predicted octanol–water partition coefficient (Wildman–Crippen LogP) is 2.83. The van der Waals surface area contributed by atoms with E-state index < -0.39 is 0 Å². The first-order valence-electron chi connectivity index (χ1n) is 6.99. The molecule has 2 N–H and O–H groups in total. The van der Waals surface area contributed by atoms with Crippen molar-refractivity contribution >= 4 is 17.7 Å². The maximum Gasteiger partial charge on any atom is 0.230 e. The third-order valence-corrected chi connectivity index (χ3v) is 4.05. The molecule has 5 heteroatoms. The molecule has 0 saturated carbocycles. The summed E-state index contributed by atoms with van der Waals surface area (Å²) < 4.78 is 13.2. The molecule has 0 bridgehead atoms. The molecule has 0 atom stereocenters. The van der Waals surface area contributed by atoms with E-state index in [-0.39, 0.29) is 18.3 Å². The Morgan fingerprint density at radius 2 is 1.91 bits per heavy atom. The maximum atomic E-state index is 13.2. The van der Waals surface area contributed by atoms with Crippen LogP contribution in [0.3, 0.4) is 0 Å². The summed E-state index contributed by atoms with van der Waals surface area (Å²) >= 11 is 1.52. The van der Waals surface area contributed by atoms with Crippen molar-refractivity contribution < 1.29 is 14.3 Å². The number of rotatable bonds is 7. The maximum absolute atomic E-state index is 13.2. The van der Waals surface area contributed by atoms with Crippen LogP contribution in [-0.2, 0) is 10.5 Å². The highest BCUT2D eigenvalue weighted by Crippen LogP contribution is 2.22. The van der Waals surface area contributed by atoms with E-state index in [1.807, 2.05) is 30.3 Å². The molecule has 0 heterocycles. The second-order valence-corrected chi connectivity index (χ2v) is 5.76. The summed E-state index contributed by atoms with van der Waals surface area (Å²) in [7, 11) is 0. The van der Waals surface area contributed by atoms with Crippen molar-refractivity contribution in [2.24, 2.45) is 0 Å². The minimum Gasteiger partial charge on any atom is -0.395 e. The molecule has 3 nitrogen and oxygen atoms in total. The molecule has 22 heavy (non-hydrogen) atoms. The van der Waals surface area contributed by atoms with Crippen LogP contribution in [0.1, 0.15) is 5.56 Å². The predicted molar refractivity (Wildman–Crippen MR) is 88.1 cm³/mol. The third kappa shape index (κ3) is 5.16. The smallest absolute Gasteiger partial charge is 0.230 e. The van der Waals surface area contributed by atoms with Crippen LogP contribution >= 0.6 is 11.8 Å². The summed E-state index contributed by atoms with van der Waals surface area (Å²) in [5, 5.41) is 11.2. The van der Waals surface area contributed by atoms with E-state index in [0.29, 0.717) is 12.3 Å². The highest BCUT2D eigenvalue weighted by molar-refractivity contribution is 7.99. The lowest BCUT2D eigenvalue weighted by atomic mass is 10.0. The summed E-state index contributed by atoms with van der Waals surface area (Å²) in [6.45, 7) is 0.250. The molecule has 116 valence electrons. The van der Waals surface area contributed by atoms with E-state index in [1.165, 1.54) is 23.9 Å². The minimum atomic E-state index is -0.244. The molecule has 0 radical (unpaired) electrons. The first-order chi connectivity index (χ1) is 10.7. The number of carbonyl (C=O) groups excluding carboxylic acids is 1. The average Bonchev–Trinajstić information content (AvgIpc) is 2.53. The summed E-state index contributed by atoms with van der Waals surface area (Å²) in [4.78, 5) is 11.4. The lowest BCUT2D eigenvalue weighted by Gasteiger charge is -2.05. The minimum absolute atomic E-state index is 0.0437. The second kappa shape index (κ2) is 8.56. The fraction of sp³-hybridized carbons (Fsp3) is 0.235. The molecule has 2 aromatic rings. The lowest BCUT2D eigenvalue weighted by molar-refractivity contribution is -0.118. The van der Waals surface area contributed by atoms with Gasteiger partial charge in [-0.15, -0.1) is 11.8 Å². The molecule has 0 aliphatic carbocycles. The number of halogens is 1. The van der Waals surface area contributed by atoms with Gasteiger partial charge >= 0.3 is 0 Å². The van der Waals surface area contributed by atoms with Gasteiger partial charge in [-0.05, 0) is 28.8 Å². The number of aliphatic hydroxyl groups is 1. The van der Waals surface area contributed by atoms with E-state index >= 15 is 0 Å². The number of amides is 1. The van der Waals surface area contributed by atoms with Crippen molar-refractivity contribution in [3.63, 3.8) is 0 Å². The van der Waals surface area contributed by atoms with Gasteiger partial charge in [0.2, 0.25) is 5.91 Å². The Kier molecular flexibility index (Phi) is 6.43. The van der Waals surface area contributed by atoms with Gasteiger partial charge in [-0.2, -0.15) is 0 Å². The van der Waals surface area contributed by atoms with Gasteiger partial charge in [0, 0.05) is 12.3 Å². The normalized spacial score (nSPS) is 10.5. The van der Waals surface area contributed by atoms with Crippen molar-refractivity contribution in [2.75, 3.05) is 18.9 Å². The number of benzene rings is 2. The molecule has 1 amide bonds. The topological polar surface area (TPSA) is 49.3 Å². The number of thioether (sulfide) groups is 1. The molecule has 0 aromatic heterocycles. The zero-order chi connectivity index (χ0) is 15.8. The zero-order valence-electron chi connectivity index (χ0n) is 12.1. The number of carbonyl (C=O) groups is 1. The average molecular weight is 319 g/mol. The molecule has 0 saturated heterocycles. The number of nitrogens with one attached hydrogen (secondary N) is 1. The number of hydrogen-bond donors (Lipinski definition) is 2. The van der Waals surface area contributed by atoms with Crippen LogP contribution in [0.2, 0.25) is 0 Å². The van der Waals surface area contributed by atoms with Crippen LogP contribution in [-0.4, -0.2) is 29.9 Å². The number of aliphatic hydroxyl groups excluding tert-OH is 1. The van der Waals surface area contributed by atoms with Gasteiger partial charge in [-0.3, -0.25) is 4.79 Å². The molecule has 0 aliphatic heterocycles. The summed E-state index contributed by atoms with van der Waals surface area (Å²) in [5.41, 5.74) is 2.93. The standard InChI is InChI=1S/C17H18FNO2S/c18-16-3-1-2-15(10-16)14-6-4-13(5-7-14)11-22-12-17(21)19-8-9-20/h1-7,10,20H,8-9,11-12H2,(H,19,21). The molecule has 0 aliphatic rings. The summed E-state index contributed by atoms with van der Waals surface area (Å²) in [6.07, 6.45) is 0. The van der Waals surface area contributed by atoms with Crippen LogP contribution < -0.4 is 5.32 Å². The molecular formula is C17H18FNO2S. The fourth-order valence-corrected chi connectivity index (χ4v) is 2.79. The quantitative estimate of drug-likeness (QED) is 0.825. The SMILES string of the molecule is O=C(CSCc1ccc(-c2cccc(F)c2)cc1)NCCO. The first kappa shape index (κ1) is 16.5. The van der Waals surface area contributed by atoms with Gasteiger partial charge in [0.25, 0.3) is 0 Å². The number of hydrogen-bond acceptors (Lipinski definition) is 3. The molecule has 0 spiro atoms. The fourth-order valence-electron chi connectivity index (χ4n) is 1.97. The van der Waals surface area contributed by atoms with E-state index in [2.05, 4.69) is 5.32 Å². The Morgan fingerprint density at radius 3 is 2.59 bits per heavy atom. The van der Waals surface area contributed by atoms with Gasteiger partial charge in [0.05, 0.1) is 12.4 Å². The van der Waals surface area contributed by atoms with Gasteiger partial charge < -0.3 is 10.4 Å². The van der Waals surface area contributed by atoms with Crippen molar-refractivity contribution in [1.82, 2.24) is 5.32 Å². The molecular weight excluding hydrogens is 301 g/mol. The second-order valence-electron chi connectivity index (χ2n) is 4.77. The molecule has 0 fully saturated rings. The van der Waals surface area contributed by atoms with Crippen LogP contribution in [0.25, 0.3) is 11.1 Å². The van der Waals surface area contributed by atoms with E-state index in [1.54, 1.807) is 6.07 Å². The Bertz CT molecular complexity index is 616. The van der Waals surface area contributed by atoms with Crippen LogP contribution in [0.5, 0.6) is 0 Å². The van der Waals surface area contributed by atoms with Crippen LogP contribution in [0.4, 0.5) is 4.39 Å². The lowest BCUT2D eigenvalue weighted by Crippen LogP contribution is -2.27. The van der Waals surface area contributed by atoms with E-state index in [0.717, 1.165) is 22.4 Å². The molecule has 2 aromatic carbocycles. The van der Waals surface area contributed by atoms with Gasteiger partial charge in [0.15, 0.2) is 0 Å². The Balaban J connectivity index is 1.86. The van der Waals surface area contributed by atoms with Gasteiger partial charge in [0.1, 0.15) is 5.82 Å². The largest absolute Gasteiger partial charge is 0.395 e.